The van der Waals surface area contributed by atoms with Crippen molar-refractivity contribution >= 4 is 41.1 Å². The van der Waals surface area contributed by atoms with Crippen LogP contribution in [0.2, 0.25) is 0 Å². The summed E-state index contributed by atoms with van der Waals surface area (Å²) in [6.45, 7) is 3.64. The lowest BCUT2D eigenvalue weighted by Gasteiger charge is -2.28. The second-order valence-corrected chi connectivity index (χ2v) is 4.29. The predicted molar refractivity (Wildman–Crippen MR) is 64.4 cm³/mol. The van der Waals surface area contributed by atoms with Gasteiger partial charge in [-0.15, -0.1) is 12.4 Å². The summed E-state index contributed by atoms with van der Waals surface area (Å²) >= 11 is 5.25. The number of nitrogens with zero attached hydrogens (tertiary/aromatic N) is 1. The van der Waals surface area contributed by atoms with E-state index in [-0.39, 0.29) is 37.3 Å². The first-order valence-corrected chi connectivity index (χ1v) is 5.47. The van der Waals surface area contributed by atoms with Crippen molar-refractivity contribution in [1.82, 2.24) is 4.90 Å². The van der Waals surface area contributed by atoms with E-state index in [1.54, 1.807) is 13.8 Å². The Bertz CT molecular complexity index is 319. The van der Waals surface area contributed by atoms with Gasteiger partial charge in [0.2, 0.25) is 0 Å². The standard InChI is InChI=1S/C10H14ClNO4.ClH/c1-6(2)16-9(14)7-3-4-12(10(11)15)5-8(7)13;/h6-7H,3-5H2,1-2H3;1H. The van der Waals surface area contributed by atoms with Gasteiger partial charge in [0, 0.05) is 6.54 Å². The molecule has 0 aromatic heterocycles. The Labute approximate surface area is 111 Å². The number of carbonyl (C=O) groups is 3. The van der Waals surface area contributed by atoms with Crippen LogP contribution >= 0.6 is 24.0 Å². The van der Waals surface area contributed by atoms with Gasteiger partial charge in [0.15, 0.2) is 5.78 Å². The van der Waals surface area contributed by atoms with Crippen LogP contribution < -0.4 is 0 Å². The van der Waals surface area contributed by atoms with Crippen molar-refractivity contribution in [3.8, 4) is 0 Å². The Morgan fingerprint density at radius 1 is 1.47 bits per heavy atom. The Morgan fingerprint density at radius 2 is 2.06 bits per heavy atom. The molecule has 5 nitrogen and oxygen atoms in total. The molecule has 17 heavy (non-hydrogen) atoms. The summed E-state index contributed by atoms with van der Waals surface area (Å²) in [7, 11) is 0. The molecule has 1 atom stereocenters. The summed E-state index contributed by atoms with van der Waals surface area (Å²) in [5.41, 5.74) is 0. The molecule has 0 saturated carbocycles. The van der Waals surface area contributed by atoms with Crippen LogP contribution in [0, 0.1) is 5.92 Å². The first kappa shape index (κ1) is 16.2. The second-order valence-electron chi connectivity index (χ2n) is 3.97. The van der Waals surface area contributed by atoms with Crippen molar-refractivity contribution in [2.45, 2.75) is 26.4 Å². The highest BCUT2D eigenvalue weighted by atomic mass is 35.5. The molecule has 0 aromatic carbocycles. The lowest BCUT2D eigenvalue weighted by Crippen LogP contribution is -2.45. The number of Topliss-reactive ketones (excluding diaryl/α,β-unsaturated/α-hetero) is 1. The Kier molecular flexibility index (Phi) is 6.49. The highest BCUT2D eigenvalue weighted by Crippen LogP contribution is 2.17. The van der Waals surface area contributed by atoms with Gasteiger partial charge in [-0.25, -0.2) is 0 Å². The summed E-state index contributed by atoms with van der Waals surface area (Å²) in [6.07, 6.45) is 0.0380. The van der Waals surface area contributed by atoms with Crippen LogP contribution in [-0.2, 0) is 14.3 Å². The summed E-state index contributed by atoms with van der Waals surface area (Å²) < 4.78 is 4.96. The third kappa shape index (κ3) is 4.52. The number of piperidine rings is 1. The minimum atomic E-state index is -0.755. The lowest BCUT2D eigenvalue weighted by atomic mass is 9.96. The number of rotatable bonds is 2. The molecule has 1 fully saturated rings. The van der Waals surface area contributed by atoms with Crippen LogP contribution in [-0.4, -0.2) is 41.2 Å². The molecule has 98 valence electrons. The SMILES string of the molecule is CC(C)OC(=O)C1CCN(C(=O)Cl)CC1=O.Cl. The van der Waals surface area contributed by atoms with Gasteiger partial charge >= 0.3 is 11.3 Å². The van der Waals surface area contributed by atoms with Crippen molar-refractivity contribution in [3.63, 3.8) is 0 Å². The van der Waals surface area contributed by atoms with E-state index in [1.165, 1.54) is 4.90 Å². The van der Waals surface area contributed by atoms with Gasteiger partial charge in [0.25, 0.3) is 0 Å². The second kappa shape index (κ2) is 6.81. The molecular weight excluding hydrogens is 269 g/mol. The van der Waals surface area contributed by atoms with Gasteiger partial charge in [-0.2, -0.15) is 0 Å². The highest BCUT2D eigenvalue weighted by Gasteiger charge is 2.35. The van der Waals surface area contributed by atoms with Crippen LogP contribution in [0.25, 0.3) is 0 Å². The van der Waals surface area contributed by atoms with E-state index in [4.69, 9.17) is 16.3 Å². The van der Waals surface area contributed by atoms with E-state index in [1.807, 2.05) is 0 Å². The zero-order valence-corrected chi connectivity index (χ0v) is 11.2. The molecule has 1 unspecified atom stereocenters. The predicted octanol–water partition coefficient (Wildman–Crippen LogP) is 1.61. The number of amides is 1. The molecular formula is C10H15Cl2NO4. The van der Waals surface area contributed by atoms with Gasteiger partial charge in [0.05, 0.1) is 12.6 Å². The van der Waals surface area contributed by atoms with E-state index >= 15 is 0 Å². The van der Waals surface area contributed by atoms with E-state index < -0.39 is 17.3 Å². The molecule has 1 saturated heterocycles. The number of esters is 1. The number of hydrogen-bond acceptors (Lipinski definition) is 4. The summed E-state index contributed by atoms with van der Waals surface area (Å²) in [4.78, 5) is 35.1. The van der Waals surface area contributed by atoms with E-state index in [9.17, 15) is 14.4 Å². The minimum Gasteiger partial charge on any atom is -0.462 e. The van der Waals surface area contributed by atoms with Crippen LogP contribution in [0.15, 0.2) is 0 Å². The largest absolute Gasteiger partial charge is 0.462 e. The Hall–Kier alpha value is -0.810. The fraction of sp³-hybridized carbons (Fsp3) is 0.700. The Morgan fingerprint density at radius 3 is 2.47 bits per heavy atom. The fourth-order valence-corrected chi connectivity index (χ4v) is 1.68. The number of carbonyl (C=O) groups excluding carboxylic acids is 3. The molecule has 1 aliphatic rings. The molecule has 1 rings (SSSR count). The minimum absolute atomic E-state index is 0. The number of likely N-dealkylation sites (tertiary alicyclic amines) is 1. The quantitative estimate of drug-likeness (QED) is 0.334. The van der Waals surface area contributed by atoms with Crippen LogP contribution in [0.1, 0.15) is 20.3 Å². The zero-order valence-electron chi connectivity index (χ0n) is 9.64. The zero-order chi connectivity index (χ0) is 12.3. The van der Waals surface area contributed by atoms with Crippen molar-refractivity contribution in [2.75, 3.05) is 13.1 Å². The summed E-state index contributed by atoms with van der Waals surface area (Å²) in [5, 5.41) is -0.663. The van der Waals surface area contributed by atoms with Gasteiger partial charge in [-0.3, -0.25) is 14.4 Å². The first-order valence-electron chi connectivity index (χ1n) is 5.09. The molecule has 0 radical (unpaired) electrons. The maximum absolute atomic E-state index is 11.6. The summed E-state index contributed by atoms with van der Waals surface area (Å²) in [6, 6.07) is 0. The van der Waals surface area contributed by atoms with Gasteiger partial charge in [0.1, 0.15) is 5.92 Å². The highest BCUT2D eigenvalue weighted by molar-refractivity contribution is 6.62. The average Bonchev–Trinajstić information content (AvgIpc) is 2.15. The van der Waals surface area contributed by atoms with Crippen LogP contribution in [0.5, 0.6) is 0 Å². The molecule has 0 aromatic rings. The van der Waals surface area contributed by atoms with E-state index in [0.29, 0.717) is 6.54 Å². The molecule has 1 aliphatic heterocycles. The molecule has 0 bridgehead atoms. The maximum Gasteiger partial charge on any atom is 0.316 e. The van der Waals surface area contributed by atoms with E-state index in [2.05, 4.69) is 0 Å². The molecule has 0 aliphatic carbocycles. The number of ether oxygens (including phenoxy) is 1. The molecule has 0 N–H and O–H groups in total. The summed E-state index contributed by atoms with van der Waals surface area (Å²) in [5.74, 6) is -1.58. The van der Waals surface area contributed by atoms with Crippen molar-refractivity contribution in [3.05, 3.63) is 0 Å². The topological polar surface area (TPSA) is 63.7 Å². The van der Waals surface area contributed by atoms with Gasteiger partial charge in [-0.1, -0.05) is 0 Å². The number of halogens is 2. The monoisotopic (exact) mass is 283 g/mol. The lowest BCUT2D eigenvalue weighted by molar-refractivity contribution is -0.156. The number of ketones is 1. The van der Waals surface area contributed by atoms with Crippen LogP contribution in [0.3, 0.4) is 0 Å². The molecule has 1 heterocycles. The van der Waals surface area contributed by atoms with Crippen molar-refractivity contribution in [1.29, 1.82) is 0 Å². The van der Waals surface area contributed by atoms with Crippen molar-refractivity contribution in [2.24, 2.45) is 5.92 Å². The molecule has 7 heteroatoms. The molecule has 1 amide bonds. The third-order valence-electron chi connectivity index (χ3n) is 2.31. The first-order chi connectivity index (χ1) is 7.41. The number of hydrogen-bond donors (Lipinski definition) is 0. The smallest absolute Gasteiger partial charge is 0.316 e. The van der Waals surface area contributed by atoms with Crippen molar-refractivity contribution < 1.29 is 19.1 Å². The normalized spacial score (nSPS) is 19.9. The Balaban J connectivity index is 0.00000256. The molecule has 0 spiro atoms. The van der Waals surface area contributed by atoms with E-state index in [0.717, 1.165) is 0 Å². The van der Waals surface area contributed by atoms with Crippen LogP contribution in [0.4, 0.5) is 4.79 Å². The third-order valence-corrected chi connectivity index (χ3v) is 2.55. The van der Waals surface area contributed by atoms with Gasteiger partial charge < -0.3 is 9.64 Å². The van der Waals surface area contributed by atoms with Gasteiger partial charge in [-0.05, 0) is 31.9 Å². The average molecular weight is 284 g/mol. The fourth-order valence-electron chi connectivity index (χ4n) is 1.54. The maximum atomic E-state index is 11.6.